The van der Waals surface area contributed by atoms with Crippen LogP contribution in [0.15, 0.2) is 21.1 Å². The lowest BCUT2D eigenvalue weighted by Gasteiger charge is -2.14. The smallest absolute Gasteiger partial charge is 0.332 e. The molecular weight excluding hydrogens is 332 g/mol. The van der Waals surface area contributed by atoms with Gasteiger partial charge in [0.15, 0.2) is 10.9 Å². The summed E-state index contributed by atoms with van der Waals surface area (Å²) in [5, 5.41) is 7.98. The number of nitrogen functional groups attached to an aromatic ring is 1. The van der Waals surface area contributed by atoms with Crippen molar-refractivity contribution in [2.24, 2.45) is 14.1 Å². The van der Waals surface area contributed by atoms with Gasteiger partial charge in [-0.25, -0.2) is 4.79 Å². The highest BCUT2D eigenvalue weighted by Gasteiger charge is 2.30. The molecule has 2 N–H and O–H groups in total. The van der Waals surface area contributed by atoms with E-state index in [4.69, 9.17) is 5.73 Å². The molecule has 24 heavy (non-hydrogen) atoms. The molecule has 9 nitrogen and oxygen atoms in total. The Hall–Kier alpha value is -2.36. The molecule has 1 unspecified atom stereocenters. The van der Waals surface area contributed by atoms with Gasteiger partial charge in [-0.1, -0.05) is 11.8 Å². The first kappa shape index (κ1) is 16.5. The Kier molecular flexibility index (Phi) is 4.08. The van der Waals surface area contributed by atoms with Crippen molar-refractivity contribution in [1.29, 1.82) is 0 Å². The highest BCUT2D eigenvalue weighted by molar-refractivity contribution is 8.00. The van der Waals surface area contributed by atoms with Crippen molar-refractivity contribution in [1.82, 2.24) is 23.9 Å². The van der Waals surface area contributed by atoms with E-state index in [2.05, 4.69) is 10.2 Å². The van der Waals surface area contributed by atoms with E-state index in [9.17, 15) is 14.4 Å². The number of carbonyl (C=O) groups is 1. The minimum Gasteiger partial charge on any atom is -0.384 e. The Morgan fingerprint density at radius 1 is 1.33 bits per heavy atom. The van der Waals surface area contributed by atoms with E-state index in [-0.39, 0.29) is 11.4 Å². The van der Waals surface area contributed by atoms with Crippen LogP contribution in [0.5, 0.6) is 0 Å². The number of Topliss-reactive ketones (excluding diaryl/α,β-unsaturated/α-hetero) is 1. The lowest BCUT2D eigenvalue weighted by atomic mass is 10.1. The fourth-order valence-corrected chi connectivity index (χ4v) is 3.38. The zero-order valence-electron chi connectivity index (χ0n) is 13.6. The molecule has 0 saturated heterocycles. The Bertz CT molecular complexity index is 924. The second kappa shape index (κ2) is 5.93. The molecule has 2 aromatic heterocycles. The molecule has 0 aliphatic heterocycles. The summed E-state index contributed by atoms with van der Waals surface area (Å²) in [6.45, 7) is 1.68. The Morgan fingerprint density at radius 3 is 2.62 bits per heavy atom. The Balaban J connectivity index is 1.93. The third kappa shape index (κ3) is 2.66. The zero-order valence-corrected chi connectivity index (χ0v) is 14.4. The van der Waals surface area contributed by atoms with E-state index < -0.39 is 22.3 Å². The molecule has 128 valence electrons. The topological polar surface area (TPSA) is 118 Å². The summed E-state index contributed by atoms with van der Waals surface area (Å²) in [4.78, 5) is 36.9. The molecular formula is C14H18N6O3S. The Morgan fingerprint density at radius 2 is 2.00 bits per heavy atom. The maximum absolute atomic E-state index is 12.7. The number of anilines is 1. The summed E-state index contributed by atoms with van der Waals surface area (Å²) in [5.41, 5.74) is 4.42. The molecule has 0 amide bonds. The van der Waals surface area contributed by atoms with Crippen LogP contribution < -0.4 is 17.0 Å². The predicted octanol–water partition coefficient (Wildman–Crippen LogP) is -0.0439. The molecule has 0 aromatic carbocycles. The number of nitrogens with two attached hydrogens (primary N) is 1. The van der Waals surface area contributed by atoms with Crippen LogP contribution in [0.2, 0.25) is 0 Å². The molecule has 1 aliphatic rings. The third-order valence-electron chi connectivity index (χ3n) is 4.09. The van der Waals surface area contributed by atoms with Gasteiger partial charge in [0, 0.05) is 20.1 Å². The van der Waals surface area contributed by atoms with E-state index in [0.29, 0.717) is 11.2 Å². The van der Waals surface area contributed by atoms with Gasteiger partial charge in [-0.15, -0.1) is 10.2 Å². The number of thioether (sulfide) groups is 1. The number of carbonyl (C=O) groups excluding carboxylic acids is 1. The number of aromatic nitrogens is 5. The number of hydrogen-bond acceptors (Lipinski definition) is 7. The second-order valence-electron chi connectivity index (χ2n) is 5.84. The maximum atomic E-state index is 12.7. The van der Waals surface area contributed by atoms with Gasteiger partial charge in [-0.05, 0) is 19.8 Å². The predicted molar refractivity (Wildman–Crippen MR) is 89.3 cm³/mol. The van der Waals surface area contributed by atoms with Crippen LogP contribution in [0.4, 0.5) is 5.82 Å². The van der Waals surface area contributed by atoms with E-state index >= 15 is 0 Å². The van der Waals surface area contributed by atoms with Crippen LogP contribution in [-0.2, 0) is 14.1 Å². The fourth-order valence-electron chi connectivity index (χ4n) is 2.43. The molecule has 2 heterocycles. The van der Waals surface area contributed by atoms with E-state index in [1.54, 1.807) is 13.3 Å². The normalized spacial score (nSPS) is 15.5. The molecule has 1 saturated carbocycles. The average molecular weight is 350 g/mol. The molecule has 1 atom stereocenters. The first-order valence-corrected chi connectivity index (χ1v) is 8.36. The molecule has 1 aliphatic carbocycles. The van der Waals surface area contributed by atoms with Crippen LogP contribution in [0.25, 0.3) is 0 Å². The molecule has 0 bridgehead atoms. The summed E-state index contributed by atoms with van der Waals surface area (Å²) in [6.07, 6.45) is 3.79. The van der Waals surface area contributed by atoms with Crippen molar-refractivity contribution in [3.63, 3.8) is 0 Å². The lowest BCUT2D eigenvalue weighted by molar-refractivity contribution is 0.0992. The summed E-state index contributed by atoms with van der Waals surface area (Å²) < 4.78 is 3.92. The minimum absolute atomic E-state index is 0.121. The van der Waals surface area contributed by atoms with Crippen LogP contribution >= 0.6 is 11.8 Å². The second-order valence-corrected chi connectivity index (χ2v) is 7.15. The average Bonchev–Trinajstić information content (AvgIpc) is 3.30. The van der Waals surface area contributed by atoms with Crippen LogP contribution in [0.3, 0.4) is 0 Å². The van der Waals surface area contributed by atoms with Crippen molar-refractivity contribution >= 4 is 23.4 Å². The standard InChI is InChI=1S/C14H18N6O3S/c1-7(24-13-17-16-6-20(13)8-4-5-8)10(21)9-11(15)18(2)14(23)19(3)12(9)22/h6-8H,4-5,15H2,1-3H3. The van der Waals surface area contributed by atoms with Gasteiger partial charge >= 0.3 is 5.69 Å². The van der Waals surface area contributed by atoms with E-state index in [0.717, 1.165) is 22.0 Å². The third-order valence-corrected chi connectivity index (χ3v) is 5.16. The molecule has 0 radical (unpaired) electrons. The van der Waals surface area contributed by atoms with Crippen molar-refractivity contribution in [2.45, 2.75) is 36.2 Å². The SMILES string of the molecule is CC(Sc1nncn1C1CC1)C(=O)c1c(N)n(C)c(=O)n(C)c1=O. The van der Waals surface area contributed by atoms with E-state index in [1.165, 1.54) is 25.9 Å². The number of nitrogens with zero attached hydrogens (tertiary/aromatic N) is 5. The van der Waals surface area contributed by atoms with Gasteiger partial charge in [0.25, 0.3) is 5.56 Å². The quantitative estimate of drug-likeness (QED) is 0.593. The lowest BCUT2D eigenvalue weighted by Crippen LogP contribution is -2.42. The molecule has 0 spiro atoms. The van der Waals surface area contributed by atoms with Gasteiger partial charge in [0.2, 0.25) is 0 Å². The highest BCUT2D eigenvalue weighted by atomic mass is 32.2. The van der Waals surface area contributed by atoms with Crippen LogP contribution in [0, 0.1) is 0 Å². The molecule has 10 heteroatoms. The first-order valence-electron chi connectivity index (χ1n) is 7.48. The van der Waals surface area contributed by atoms with Crippen molar-refractivity contribution in [3.05, 3.63) is 32.7 Å². The summed E-state index contributed by atoms with van der Waals surface area (Å²) in [6, 6.07) is 0.389. The van der Waals surface area contributed by atoms with Gasteiger partial charge in [-0.3, -0.25) is 18.7 Å². The zero-order chi connectivity index (χ0) is 17.6. The van der Waals surface area contributed by atoms with Gasteiger partial charge in [0.05, 0.1) is 5.25 Å². The summed E-state index contributed by atoms with van der Waals surface area (Å²) in [5.74, 6) is -0.553. The minimum atomic E-state index is -0.684. The monoisotopic (exact) mass is 350 g/mol. The van der Waals surface area contributed by atoms with Gasteiger partial charge in [-0.2, -0.15) is 0 Å². The maximum Gasteiger partial charge on any atom is 0.332 e. The fraction of sp³-hybridized carbons (Fsp3) is 0.500. The van der Waals surface area contributed by atoms with Crippen molar-refractivity contribution < 1.29 is 4.79 Å². The molecule has 3 rings (SSSR count). The molecule has 1 fully saturated rings. The largest absolute Gasteiger partial charge is 0.384 e. The highest BCUT2D eigenvalue weighted by Crippen LogP contribution is 2.38. The van der Waals surface area contributed by atoms with Crippen LogP contribution in [0.1, 0.15) is 36.2 Å². The van der Waals surface area contributed by atoms with E-state index in [1.807, 2.05) is 4.57 Å². The Labute approximate surface area is 141 Å². The number of rotatable bonds is 5. The number of hydrogen-bond donors (Lipinski definition) is 1. The number of ketones is 1. The first-order chi connectivity index (χ1) is 11.3. The molecule has 2 aromatic rings. The van der Waals surface area contributed by atoms with Gasteiger partial charge < -0.3 is 10.3 Å². The van der Waals surface area contributed by atoms with Crippen molar-refractivity contribution in [3.8, 4) is 0 Å². The summed E-state index contributed by atoms with van der Waals surface area (Å²) in [7, 11) is 2.75. The van der Waals surface area contributed by atoms with Crippen molar-refractivity contribution in [2.75, 3.05) is 5.73 Å². The van der Waals surface area contributed by atoms with Crippen LogP contribution in [-0.4, -0.2) is 34.9 Å². The summed E-state index contributed by atoms with van der Waals surface area (Å²) >= 11 is 1.23. The van der Waals surface area contributed by atoms with Gasteiger partial charge in [0.1, 0.15) is 17.7 Å².